The molecule has 3 aromatic carbocycles. The fraction of sp³-hybridized carbons (Fsp3) is 0.310. The molecule has 178 valence electrons. The van der Waals surface area contributed by atoms with Crippen LogP contribution in [0.3, 0.4) is 0 Å². The van der Waals surface area contributed by atoms with Crippen molar-refractivity contribution in [1.29, 1.82) is 0 Å². The topological polar surface area (TPSA) is 18.5 Å². The van der Waals surface area contributed by atoms with Gasteiger partial charge in [0.2, 0.25) is 5.82 Å². The zero-order valence-corrected chi connectivity index (χ0v) is 19.3. The number of allylic oxidation sites excluding steroid dienone is 1. The average Bonchev–Trinajstić information content (AvgIpc) is 2.85. The number of benzene rings is 3. The summed E-state index contributed by atoms with van der Waals surface area (Å²) in [5.74, 6) is -1.89. The lowest BCUT2D eigenvalue weighted by Gasteiger charge is -2.27. The minimum absolute atomic E-state index is 0.0751. The predicted octanol–water partition coefficient (Wildman–Crippen LogP) is 8.27. The van der Waals surface area contributed by atoms with E-state index >= 15 is 0 Å². The molecule has 1 saturated heterocycles. The molecule has 2 unspecified atom stereocenters. The van der Waals surface area contributed by atoms with E-state index in [1.165, 1.54) is 18.2 Å². The first-order chi connectivity index (χ1) is 16.5. The Morgan fingerprint density at radius 1 is 0.941 bits per heavy atom. The molecule has 2 nitrogen and oxygen atoms in total. The van der Waals surface area contributed by atoms with Crippen molar-refractivity contribution in [2.24, 2.45) is 5.92 Å². The van der Waals surface area contributed by atoms with Gasteiger partial charge in [-0.25, -0.2) is 8.78 Å². The normalized spacial score (nSPS) is 18.0. The summed E-state index contributed by atoms with van der Waals surface area (Å²) in [4.78, 5) is 0. The Labute approximate surface area is 199 Å². The first-order valence-electron chi connectivity index (χ1n) is 11.7. The number of ether oxygens (including phenoxy) is 2. The molecule has 0 aliphatic carbocycles. The largest absolute Gasteiger partial charge is 0.490 e. The van der Waals surface area contributed by atoms with Crippen LogP contribution in [0.5, 0.6) is 5.75 Å². The highest BCUT2D eigenvalue weighted by Gasteiger charge is 2.21. The van der Waals surface area contributed by atoms with Crippen LogP contribution in [0.2, 0.25) is 0 Å². The van der Waals surface area contributed by atoms with E-state index in [1.54, 1.807) is 36.4 Å². The molecule has 4 rings (SSSR count). The molecule has 0 saturated carbocycles. The van der Waals surface area contributed by atoms with Gasteiger partial charge in [-0.05, 0) is 66.5 Å². The monoisotopic (exact) mass is 466 g/mol. The second-order valence-electron chi connectivity index (χ2n) is 8.84. The fourth-order valence-corrected chi connectivity index (χ4v) is 4.22. The molecule has 1 heterocycles. The zero-order chi connectivity index (χ0) is 24.1. The molecule has 2 atom stereocenters. The summed E-state index contributed by atoms with van der Waals surface area (Å²) < 4.78 is 55.3. The molecule has 0 radical (unpaired) electrons. The minimum atomic E-state index is -1.01. The Hall–Kier alpha value is -3.05. The first-order valence-corrected chi connectivity index (χ1v) is 11.7. The van der Waals surface area contributed by atoms with Gasteiger partial charge in [0.15, 0.2) is 11.6 Å². The highest BCUT2D eigenvalue weighted by molar-refractivity contribution is 5.71. The van der Waals surface area contributed by atoms with Crippen molar-refractivity contribution in [3.05, 3.63) is 90.3 Å². The summed E-state index contributed by atoms with van der Waals surface area (Å²) in [6.07, 6.45) is 5.04. The van der Waals surface area contributed by atoms with Crippen LogP contribution in [0.15, 0.2) is 67.3 Å². The van der Waals surface area contributed by atoms with Gasteiger partial charge >= 0.3 is 0 Å². The summed E-state index contributed by atoms with van der Waals surface area (Å²) >= 11 is 0. The van der Waals surface area contributed by atoms with Crippen LogP contribution in [-0.4, -0.2) is 13.2 Å². The van der Waals surface area contributed by atoms with Crippen LogP contribution in [0.4, 0.5) is 13.2 Å². The van der Waals surface area contributed by atoms with Crippen molar-refractivity contribution in [3.63, 3.8) is 0 Å². The third kappa shape index (κ3) is 5.36. The molecule has 3 aromatic rings. The predicted molar refractivity (Wildman–Crippen MR) is 129 cm³/mol. The lowest BCUT2D eigenvalue weighted by molar-refractivity contribution is -0.0125. The van der Waals surface area contributed by atoms with Gasteiger partial charge < -0.3 is 9.47 Å². The summed E-state index contributed by atoms with van der Waals surface area (Å²) in [7, 11) is 0. The van der Waals surface area contributed by atoms with Crippen molar-refractivity contribution in [3.8, 4) is 28.0 Å². The quantitative estimate of drug-likeness (QED) is 0.246. The van der Waals surface area contributed by atoms with Crippen LogP contribution in [-0.2, 0) is 4.74 Å². The van der Waals surface area contributed by atoms with E-state index in [9.17, 15) is 13.2 Å². The number of hydrogen-bond donors (Lipinski definition) is 0. The van der Waals surface area contributed by atoms with Gasteiger partial charge in [0, 0.05) is 17.7 Å². The average molecular weight is 467 g/mol. The number of unbranched alkanes of at least 4 members (excludes halogenated alkanes) is 1. The molecular weight excluding hydrogens is 437 g/mol. The maximum Gasteiger partial charge on any atom is 0.201 e. The van der Waals surface area contributed by atoms with Gasteiger partial charge in [0.1, 0.15) is 5.82 Å². The van der Waals surface area contributed by atoms with Gasteiger partial charge in [-0.2, -0.15) is 4.39 Å². The SMILES string of the molecule is C=CCCCOc1ccc(-c2ccc(-c3ccc(C4CCC(C)CO4)cc3F)cc2)c(F)c1F. The van der Waals surface area contributed by atoms with E-state index in [0.29, 0.717) is 35.6 Å². The molecule has 1 aliphatic rings. The molecule has 0 amide bonds. The molecule has 5 heteroatoms. The van der Waals surface area contributed by atoms with Gasteiger partial charge in [0.05, 0.1) is 12.7 Å². The summed E-state index contributed by atoms with van der Waals surface area (Å²) in [6.45, 7) is 6.75. The minimum Gasteiger partial charge on any atom is -0.490 e. The van der Waals surface area contributed by atoms with Crippen molar-refractivity contribution in [2.75, 3.05) is 13.2 Å². The van der Waals surface area contributed by atoms with Crippen LogP contribution in [0, 0.1) is 23.4 Å². The zero-order valence-electron chi connectivity index (χ0n) is 19.3. The highest BCUT2D eigenvalue weighted by Crippen LogP contribution is 2.35. The standard InChI is InChI=1S/C29H29F3O2/c1-3-4-5-16-33-27-15-13-24(28(31)29(27)32)21-9-7-20(8-10-21)23-12-11-22(17-25(23)30)26-14-6-19(2)18-34-26/h3,7-13,15,17,19,26H,1,4-6,14,16,18H2,2H3. The maximum absolute atomic E-state index is 14.9. The van der Waals surface area contributed by atoms with Crippen molar-refractivity contribution in [1.82, 2.24) is 0 Å². The second kappa shape index (κ2) is 10.9. The van der Waals surface area contributed by atoms with Crippen molar-refractivity contribution >= 4 is 0 Å². The third-order valence-electron chi connectivity index (χ3n) is 6.23. The molecule has 1 aliphatic heterocycles. The van der Waals surface area contributed by atoms with Crippen LogP contribution < -0.4 is 4.74 Å². The van der Waals surface area contributed by atoms with E-state index in [1.807, 2.05) is 6.07 Å². The van der Waals surface area contributed by atoms with E-state index in [-0.39, 0.29) is 29.8 Å². The molecule has 0 aromatic heterocycles. The molecular formula is C29H29F3O2. The second-order valence-corrected chi connectivity index (χ2v) is 8.84. The number of rotatable bonds is 8. The number of hydrogen-bond acceptors (Lipinski definition) is 2. The Balaban J connectivity index is 1.50. The molecule has 0 spiro atoms. The lowest BCUT2D eigenvalue weighted by Crippen LogP contribution is -2.18. The van der Waals surface area contributed by atoms with E-state index in [4.69, 9.17) is 9.47 Å². The Morgan fingerprint density at radius 2 is 1.65 bits per heavy atom. The van der Waals surface area contributed by atoms with Crippen molar-refractivity contribution < 1.29 is 22.6 Å². The molecule has 34 heavy (non-hydrogen) atoms. The maximum atomic E-state index is 14.9. The van der Waals surface area contributed by atoms with Gasteiger partial charge in [-0.3, -0.25) is 0 Å². The molecule has 1 fully saturated rings. The third-order valence-corrected chi connectivity index (χ3v) is 6.23. The van der Waals surface area contributed by atoms with Crippen molar-refractivity contribution in [2.45, 2.75) is 38.7 Å². The highest BCUT2D eigenvalue weighted by atomic mass is 19.2. The Bertz CT molecular complexity index is 1130. The molecule has 0 N–H and O–H groups in total. The van der Waals surface area contributed by atoms with Crippen LogP contribution >= 0.6 is 0 Å². The van der Waals surface area contributed by atoms with Crippen LogP contribution in [0.1, 0.15) is 44.3 Å². The molecule has 0 bridgehead atoms. The van der Waals surface area contributed by atoms with Crippen LogP contribution in [0.25, 0.3) is 22.3 Å². The summed E-state index contributed by atoms with van der Waals surface area (Å²) in [5, 5.41) is 0. The number of halogens is 3. The van der Waals surface area contributed by atoms with Gasteiger partial charge in [-0.1, -0.05) is 49.4 Å². The summed E-state index contributed by atoms with van der Waals surface area (Å²) in [6, 6.07) is 14.9. The smallest absolute Gasteiger partial charge is 0.201 e. The Kier molecular flexibility index (Phi) is 7.73. The fourth-order valence-electron chi connectivity index (χ4n) is 4.22. The lowest BCUT2D eigenvalue weighted by atomic mass is 9.94. The van der Waals surface area contributed by atoms with E-state index in [2.05, 4.69) is 13.5 Å². The van der Waals surface area contributed by atoms with Gasteiger partial charge in [-0.15, -0.1) is 6.58 Å². The Morgan fingerprint density at radius 3 is 2.29 bits per heavy atom. The first kappa shape index (κ1) is 24.1. The summed E-state index contributed by atoms with van der Waals surface area (Å²) in [5.41, 5.74) is 2.58. The van der Waals surface area contributed by atoms with Gasteiger partial charge in [0.25, 0.3) is 0 Å². The van der Waals surface area contributed by atoms with E-state index < -0.39 is 11.6 Å². The van der Waals surface area contributed by atoms with E-state index in [0.717, 1.165) is 24.8 Å².